The van der Waals surface area contributed by atoms with Gasteiger partial charge in [0.15, 0.2) is 0 Å². The normalized spacial score (nSPS) is 17.1. The summed E-state index contributed by atoms with van der Waals surface area (Å²) in [5.41, 5.74) is 3.12. The molecule has 4 rings (SSSR count). The molecule has 0 radical (unpaired) electrons. The first-order chi connectivity index (χ1) is 14.1. The third kappa shape index (κ3) is 4.38. The maximum atomic E-state index is 13.4. The summed E-state index contributed by atoms with van der Waals surface area (Å²) in [7, 11) is 0. The minimum atomic E-state index is -0.564. The van der Waals surface area contributed by atoms with Crippen LogP contribution in [0.1, 0.15) is 27.7 Å². The maximum Gasteiger partial charge on any atom is 0.251 e. The number of piperazine rings is 1. The molecule has 2 aromatic heterocycles. The fraction of sp³-hybridized carbons (Fsp3) is 0.261. The number of thiophene rings is 1. The minimum Gasteiger partial charge on any atom is -0.327 e. The first-order valence-corrected chi connectivity index (χ1v) is 10.6. The maximum absolute atomic E-state index is 13.4. The summed E-state index contributed by atoms with van der Waals surface area (Å²) in [6, 6.07) is 17.1. The lowest BCUT2D eigenvalue weighted by Crippen LogP contribution is -2.55. The zero-order chi connectivity index (χ0) is 20.2. The predicted octanol–water partition coefficient (Wildman–Crippen LogP) is 3.61. The highest BCUT2D eigenvalue weighted by Gasteiger charge is 2.40. The molecule has 5 nitrogen and oxygen atoms in total. The van der Waals surface area contributed by atoms with Gasteiger partial charge in [-0.2, -0.15) is 0 Å². The molecule has 0 aliphatic carbocycles. The molecule has 0 N–H and O–H groups in total. The van der Waals surface area contributed by atoms with E-state index in [1.807, 2.05) is 66.9 Å². The standard InChI is InChI=1S/C23H23N3O2S/c1-17-7-9-18(10-8-17)15-25-16-21(27)26(13-11-19-5-2-3-12-24-19)22(23(25)28)20-6-4-14-29-20/h2-10,12,14,22H,11,13,15-16H2,1H3. The van der Waals surface area contributed by atoms with E-state index in [4.69, 9.17) is 0 Å². The van der Waals surface area contributed by atoms with Crippen LogP contribution in [0.25, 0.3) is 0 Å². The van der Waals surface area contributed by atoms with Gasteiger partial charge in [0.05, 0.1) is 0 Å². The van der Waals surface area contributed by atoms with Crippen LogP contribution >= 0.6 is 11.3 Å². The number of carbonyl (C=O) groups is 2. The third-order valence-electron chi connectivity index (χ3n) is 5.15. The summed E-state index contributed by atoms with van der Waals surface area (Å²) < 4.78 is 0. The van der Waals surface area contributed by atoms with Crippen molar-refractivity contribution < 1.29 is 9.59 Å². The van der Waals surface area contributed by atoms with E-state index in [0.29, 0.717) is 19.5 Å². The van der Waals surface area contributed by atoms with E-state index in [9.17, 15) is 9.59 Å². The van der Waals surface area contributed by atoms with Gasteiger partial charge < -0.3 is 9.80 Å². The lowest BCUT2D eigenvalue weighted by Gasteiger charge is -2.40. The summed E-state index contributed by atoms with van der Waals surface area (Å²) in [5, 5.41) is 1.95. The Morgan fingerprint density at radius 1 is 1.07 bits per heavy atom. The molecule has 0 saturated carbocycles. The molecule has 2 amide bonds. The van der Waals surface area contributed by atoms with Gasteiger partial charge in [-0.05, 0) is 36.1 Å². The van der Waals surface area contributed by atoms with Crippen LogP contribution in [-0.2, 0) is 22.6 Å². The summed E-state index contributed by atoms with van der Waals surface area (Å²) in [6.45, 7) is 3.06. The van der Waals surface area contributed by atoms with Crippen molar-refractivity contribution in [2.24, 2.45) is 0 Å². The number of pyridine rings is 1. The average molecular weight is 406 g/mol. The molecule has 1 aliphatic rings. The molecule has 1 unspecified atom stereocenters. The Hall–Kier alpha value is -2.99. The molecular weight excluding hydrogens is 382 g/mol. The van der Waals surface area contributed by atoms with E-state index in [-0.39, 0.29) is 18.4 Å². The van der Waals surface area contributed by atoms with Crippen molar-refractivity contribution in [1.82, 2.24) is 14.8 Å². The molecule has 1 aromatic carbocycles. The summed E-state index contributed by atoms with van der Waals surface area (Å²) in [6.07, 6.45) is 2.37. The van der Waals surface area contributed by atoms with Gasteiger partial charge in [-0.15, -0.1) is 11.3 Å². The highest BCUT2D eigenvalue weighted by atomic mass is 32.1. The van der Waals surface area contributed by atoms with Crippen LogP contribution in [0.2, 0.25) is 0 Å². The van der Waals surface area contributed by atoms with Gasteiger partial charge in [0, 0.05) is 36.3 Å². The number of carbonyl (C=O) groups excluding carboxylic acids is 2. The van der Waals surface area contributed by atoms with Crippen LogP contribution in [0.15, 0.2) is 66.2 Å². The Bertz CT molecular complexity index is 971. The van der Waals surface area contributed by atoms with Gasteiger partial charge in [0.25, 0.3) is 5.91 Å². The second kappa shape index (κ2) is 8.57. The fourth-order valence-electron chi connectivity index (χ4n) is 3.59. The molecule has 3 aromatic rings. The smallest absolute Gasteiger partial charge is 0.251 e. The van der Waals surface area contributed by atoms with Crippen molar-refractivity contribution in [3.05, 3.63) is 87.9 Å². The second-order valence-electron chi connectivity index (χ2n) is 7.26. The van der Waals surface area contributed by atoms with E-state index >= 15 is 0 Å². The summed E-state index contributed by atoms with van der Waals surface area (Å²) in [5.74, 6) is -0.0420. The van der Waals surface area contributed by atoms with E-state index in [1.165, 1.54) is 16.9 Å². The predicted molar refractivity (Wildman–Crippen MR) is 113 cm³/mol. The van der Waals surface area contributed by atoms with Gasteiger partial charge in [-0.25, -0.2) is 0 Å². The quantitative estimate of drug-likeness (QED) is 0.630. The highest BCUT2D eigenvalue weighted by molar-refractivity contribution is 7.10. The van der Waals surface area contributed by atoms with E-state index < -0.39 is 6.04 Å². The van der Waals surface area contributed by atoms with Crippen LogP contribution in [0.5, 0.6) is 0 Å². The van der Waals surface area contributed by atoms with Gasteiger partial charge in [-0.1, -0.05) is 42.0 Å². The number of nitrogens with zero attached hydrogens (tertiary/aromatic N) is 3. The lowest BCUT2D eigenvalue weighted by molar-refractivity contribution is -0.156. The minimum absolute atomic E-state index is 0.0198. The van der Waals surface area contributed by atoms with Crippen LogP contribution in [-0.4, -0.2) is 39.7 Å². The van der Waals surface area contributed by atoms with Gasteiger partial charge >= 0.3 is 0 Å². The van der Waals surface area contributed by atoms with Crippen LogP contribution in [0, 0.1) is 6.92 Å². The number of hydrogen-bond acceptors (Lipinski definition) is 4. The van der Waals surface area contributed by atoms with Gasteiger partial charge in [0.1, 0.15) is 12.6 Å². The number of aromatic nitrogens is 1. The first kappa shape index (κ1) is 19.3. The topological polar surface area (TPSA) is 53.5 Å². The van der Waals surface area contributed by atoms with Crippen LogP contribution < -0.4 is 0 Å². The lowest BCUT2D eigenvalue weighted by atomic mass is 10.1. The summed E-state index contributed by atoms with van der Waals surface area (Å²) >= 11 is 1.51. The fourth-order valence-corrected chi connectivity index (χ4v) is 4.42. The Morgan fingerprint density at radius 2 is 1.90 bits per heavy atom. The molecule has 1 fully saturated rings. The Labute approximate surface area is 174 Å². The monoisotopic (exact) mass is 405 g/mol. The van der Waals surface area contributed by atoms with Crippen LogP contribution in [0.4, 0.5) is 0 Å². The first-order valence-electron chi connectivity index (χ1n) is 9.69. The molecule has 148 valence electrons. The Kier molecular flexibility index (Phi) is 5.71. The van der Waals surface area contributed by atoms with E-state index in [1.54, 1.807) is 16.0 Å². The van der Waals surface area contributed by atoms with Gasteiger partial charge in [0.2, 0.25) is 5.91 Å². The molecule has 29 heavy (non-hydrogen) atoms. The van der Waals surface area contributed by atoms with Gasteiger partial charge in [-0.3, -0.25) is 14.6 Å². The average Bonchev–Trinajstić information content (AvgIpc) is 3.26. The van der Waals surface area contributed by atoms with Crippen molar-refractivity contribution in [2.75, 3.05) is 13.1 Å². The highest BCUT2D eigenvalue weighted by Crippen LogP contribution is 2.31. The molecule has 6 heteroatoms. The zero-order valence-electron chi connectivity index (χ0n) is 16.3. The molecule has 0 bridgehead atoms. The van der Waals surface area contributed by atoms with Crippen LogP contribution in [0.3, 0.4) is 0 Å². The van der Waals surface area contributed by atoms with Crippen molar-refractivity contribution in [3.63, 3.8) is 0 Å². The molecule has 1 saturated heterocycles. The zero-order valence-corrected chi connectivity index (χ0v) is 17.1. The Morgan fingerprint density at radius 3 is 2.59 bits per heavy atom. The van der Waals surface area contributed by atoms with Crippen molar-refractivity contribution in [2.45, 2.75) is 25.9 Å². The number of aryl methyl sites for hydroxylation is 1. The van der Waals surface area contributed by atoms with Crippen molar-refractivity contribution in [3.8, 4) is 0 Å². The second-order valence-corrected chi connectivity index (χ2v) is 8.24. The van der Waals surface area contributed by atoms with Crippen molar-refractivity contribution >= 4 is 23.2 Å². The SMILES string of the molecule is Cc1ccc(CN2CC(=O)N(CCc3ccccn3)C(c3cccs3)C2=O)cc1. The molecule has 3 heterocycles. The van der Waals surface area contributed by atoms with E-state index in [2.05, 4.69) is 4.98 Å². The number of hydrogen-bond donors (Lipinski definition) is 0. The van der Waals surface area contributed by atoms with E-state index in [0.717, 1.165) is 16.1 Å². The number of benzene rings is 1. The molecule has 0 spiro atoms. The number of rotatable bonds is 6. The Balaban J connectivity index is 1.56. The third-order valence-corrected chi connectivity index (χ3v) is 6.07. The largest absolute Gasteiger partial charge is 0.327 e. The molecular formula is C23H23N3O2S. The summed E-state index contributed by atoms with van der Waals surface area (Å²) in [4.78, 5) is 35.1. The number of amides is 2. The molecule has 1 atom stereocenters. The molecule has 1 aliphatic heterocycles. The van der Waals surface area contributed by atoms with Crippen molar-refractivity contribution in [1.29, 1.82) is 0 Å².